The highest BCUT2D eigenvalue weighted by molar-refractivity contribution is 6.22. The minimum Gasteiger partial charge on any atom is -0.452 e. The van der Waals surface area contributed by atoms with Gasteiger partial charge in [0.2, 0.25) is 0 Å². The Morgan fingerprint density at radius 3 is 2.38 bits per heavy atom. The highest BCUT2D eigenvalue weighted by Crippen LogP contribution is 2.25. The summed E-state index contributed by atoms with van der Waals surface area (Å²) in [6.07, 6.45) is 0.538. The van der Waals surface area contributed by atoms with Crippen LogP contribution in [0, 0.1) is 13.8 Å². The van der Waals surface area contributed by atoms with Crippen LogP contribution in [0.5, 0.6) is 0 Å². The van der Waals surface area contributed by atoms with Crippen molar-refractivity contribution in [3.05, 3.63) is 100 Å². The zero-order valence-electron chi connectivity index (χ0n) is 19.0. The van der Waals surface area contributed by atoms with Crippen LogP contribution in [-0.2, 0) is 16.0 Å². The van der Waals surface area contributed by atoms with Gasteiger partial charge in [-0.2, -0.15) is 0 Å². The van der Waals surface area contributed by atoms with Gasteiger partial charge in [0.1, 0.15) is 0 Å². The lowest BCUT2D eigenvalue weighted by molar-refractivity contribution is -0.119. The second-order valence-corrected chi connectivity index (χ2v) is 8.13. The minimum atomic E-state index is -0.748. The molecule has 3 amide bonds. The highest BCUT2D eigenvalue weighted by atomic mass is 16.5. The number of aryl methyl sites for hydroxylation is 1. The number of imide groups is 1. The first-order valence-corrected chi connectivity index (χ1v) is 10.9. The first-order chi connectivity index (χ1) is 16.3. The van der Waals surface area contributed by atoms with Gasteiger partial charge in [-0.25, -0.2) is 4.79 Å². The number of benzene rings is 3. The molecular formula is C27H24N2O5. The number of rotatable bonds is 7. The van der Waals surface area contributed by atoms with E-state index < -0.39 is 24.4 Å². The molecule has 0 bridgehead atoms. The monoisotopic (exact) mass is 456 g/mol. The van der Waals surface area contributed by atoms with Gasteiger partial charge in [0.15, 0.2) is 6.61 Å². The summed E-state index contributed by atoms with van der Waals surface area (Å²) in [5.74, 6) is -2.05. The lowest BCUT2D eigenvalue weighted by Gasteiger charge is -2.13. The quantitative estimate of drug-likeness (QED) is 0.429. The Labute approximate surface area is 197 Å². The molecule has 1 aliphatic rings. The minimum absolute atomic E-state index is 0.101. The zero-order valence-corrected chi connectivity index (χ0v) is 19.0. The average Bonchev–Trinajstić information content (AvgIpc) is 3.08. The van der Waals surface area contributed by atoms with Gasteiger partial charge >= 0.3 is 5.97 Å². The van der Waals surface area contributed by atoms with Gasteiger partial charge in [-0.1, -0.05) is 42.5 Å². The number of carbonyl (C=O) groups excluding carboxylic acids is 4. The Hall–Kier alpha value is -4.26. The number of nitrogens with zero attached hydrogens (tertiary/aromatic N) is 1. The molecule has 0 saturated carbocycles. The summed E-state index contributed by atoms with van der Waals surface area (Å²) >= 11 is 0. The van der Waals surface area contributed by atoms with E-state index in [-0.39, 0.29) is 29.1 Å². The van der Waals surface area contributed by atoms with E-state index in [0.717, 1.165) is 16.7 Å². The second-order valence-electron chi connectivity index (χ2n) is 8.13. The molecule has 0 aliphatic carbocycles. The molecule has 1 heterocycles. The maximum atomic E-state index is 12.8. The van der Waals surface area contributed by atoms with Crippen LogP contribution < -0.4 is 5.32 Å². The average molecular weight is 456 g/mol. The lowest BCUT2D eigenvalue weighted by atomic mass is 10.1. The van der Waals surface area contributed by atoms with Crippen LogP contribution in [0.3, 0.4) is 0 Å². The van der Waals surface area contributed by atoms with E-state index in [9.17, 15) is 19.2 Å². The van der Waals surface area contributed by atoms with Crippen molar-refractivity contribution in [1.29, 1.82) is 0 Å². The van der Waals surface area contributed by atoms with E-state index in [4.69, 9.17) is 4.74 Å². The van der Waals surface area contributed by atoms with Crippen molar-refractivity contribution in [2.75, 3.05) is 18.5 Å². The third-order valence-electron chi connectivity index (χ3n) is 5.89. The number of esters is 1. The van der Waals surface area contributed by atoms with Crippen LogP contribution in [0.4, 0.5) is 5.69 Å². The number of hydrogen-bond donors (Lipinski definition) is 1. The van der Waals surface area contributed by atoms with Crippen LogP contribution in [0.25, 0.3) is 0 Å². The number of amides is 3. The molecule has 172 valence electrons. The molecule has 0 atom stereocenters. The summed E-state index contributed by atoms with van der Waals surface area (Å²) in [6, 6.07) is 19.3. The van der Waals surface area contributed by atoms with E-state index >= 15 is 0 Å². The van der Waals surface area contributed by atoms with Crippen molar-refractivity contribution in [2.45, 2.75) is 20.3 Å². The fourth-order valence-corrected chi connectivity index (χ4v) is 3.79. The Kier molecular flexibility index (Phi) is 6.54. The molecule has 7 heteroatoms. The summed E-state index contributed by atoms with van der Waals surface area (Å²) in [5.41, 5.74) is 4.14. The van der Waals surface area contributed by atoms with Crippen LogP contribution in [0.15, 0.2) is 66.7 Å². The van der Waals surface area contributed by atoms with Crippen molar-refractivity contribution >= 4 is 29.4 Å². The lowest BCUT2D eigenvalue weighted by Crippen LogP contribution is -2.31. The number of carbonyl (C=O) groups is 4. The van der Waals surface area contributed by atoms with Crippen molar-refractivity contribution < 1.29 is 23.9 Å². The van der Waals surface area contributed by atoms with Gasteiger partial charge in [0.25, 0.3) is 17.7 Å². The fourth-order valence-electron chi connectivity index (χ4n) is 3.79. The molecule has 3 aromatic carbocycles. The van der Waals surface area contributed by atoms with E-state index in [1.165, 1.54) is 23.1 Å². The first kappa shape index (κ1) is 22.9. The largest absolute Gasteiger partial charge is 0.452 e. The third kappa shape index (κ3) is 4.73. The van der Waals surface area contributed by atoms with Crippen LogP contribution in [0.2, 0.25) is 0 Å². The molecule has 34 heavy (non-hydrogen) atoms. The summed E-state index contributed by atoms with van der Waals surface area (Å²) in [5, 5.41) is 2.72. The number of hydrogen-bond acceptors (Lipinski definition) is 5. The topological polar surface area (TPSA) is 92.8 Å². The maximum absolute atomic E-state index is 12.8. The summed E-state index contributed by atoms with van der Waals surface area (Å²) < 4.78 is 5.13. The fraction of sp³-hybridized carbons (Fsp3) is 0.185. The molecule has 1 N–H and O–H groups in total. The molecule has 4 rings (SSSR count). The molecule has 1 aliphatic heterocycles. The number of fused-ring (bicyclic) bond motifs is 1. The van der Waals surface area contributed by atoms with E-state index in [2.05, 4.69) is 5.32 Å². The molecule has 0 fully saturated rings. The summed E-state index contributed by atoms with van der Waals surface area (Å²) in [4.78, 5) is 51.4. The predicted octanol–water partition coefficient (Wildman–Crippen LogP) is 3.94. The first-order valence-electron chi connectivity index (χ1n) is 10.9. The van der Waals surface area contributed by atoms with Gasteiger partial charge in [-0.15, -0.1) is 0 Å². The van der Waals surface area contributed by atoms with Crippen molar-refractivity contribution in [3.63, 3.8) is 0 Å². The molecule has 0 spiro atoms. The van der Waals surface area contributed by atoms with Crippen LogP contribution >= 0.6 is 0 Å². The van der Waals surface area contributed by atoms with Gasteiger partial charge in [0.05, 0.1) is 16.7 Å². The Balaban J connectivity index is 1.38. The predicted molar refractivity (Wildman–Crippen MR) is 127 cm³/mol. The van der Waals surface area contributed by atoms with E-state index in [1.54, 1.807) is 6.07 Å². The molecule has 0 saturated heterocycles. The van der Waals surface area contributed by atoms with Crippen molar-refractivity contribution in [2.24, 2.45) is 0 Å². The zero-order chi connectivity index (χ0) is 24.2. The number of anilines is 1. The molecule has 0 aromatic heterocycles. The molecular weight excluding hydrogens is 432 g/mol. The highest BCUT2D eigenvalue weighted by Gasteiger charge is 2.35. The molecule has 0 radical (unpaired) electrons. The maximum Gasteiger partial charge on any atom is 0.338 e. The second kappa shape index (κ2) is 9.70. The van der Waals surface area contributed by atoms with E-state index in [1.807, 2.05) is 56.3 Å². The Morgan fingerprint density at radius 2 is 1.62 bits per heavy atom. The molecule has 7 nitrogen and oxygen atoms in total. The standard InChI is InChI=1S/C27H24N2O5/c1-17-7-6-10-23(18(17)2)28-24(30)16-34-27(33)20-11-12-21-22(15-20)26(32)29(25(21)31)14-13-19-8-4-3-5-9-19/h3-12,15H,13-14,16H2,1-2H3,(H,28,30). The van der Waals surface area contributed by atoms with Gasteiger partial charge < -0.3 is 10.1 Å². The number of nitrogens with one attached hydrogen (secondary N) is 1. The number of ether oxygens (including phenoxy) is 1. The van der Waals surface area contributed by atoms with Crippen molar-refractivity contribution in [3.8, 4) is 0 Å². The SMILES string of the molecule is Cc1cccc(NC(=O)COC(=O)c2ccc3c(c2)C(=O)N(CCc2ccccc2)C3=O)c1C. The van der Waals surface area contributed by atoms with Gasteiger partial charge in [-0.3, -0.25) is 19.3 Å². The summed E-state index contributed by atoms with van der Waals surface area (Å²) in [6.45, 7) is 3.60. The van der Waals surface area contributed by atoms with Crippen molar-refractivity contribution in [1.82, 2.24) is 4.90 Å². The smallest absolute Gasteiger partial charge is 0.338 e. The van der Waals surface area contributed by atoms with Crippen LogP contribution in [-0.4, -0.2) is 41.7 Å². The Morgan fingerprint density at radius 1 is 0.882 bits per heavy atom. The van der Waals surface area contributed by atoms with Gasteiger partial charge in [0, 0.05) is 12.2 Å². The summed E-state index contributed by atoms with van der Waals surface area (Å²) in [7, 11) is 0. The van der Waals surface area contributed by atoms with Gasteiger partial charge in [-0.05, 0) is 61.2 Å². The molecule has 3 aromatic rings. The van der Waals surface area contributed by atoms with E-state index in [0.29, 0.717) is 12.1 Å². The normalized spacial score (nSPS) is 12.5. The van der Waals surface area contributed by atoms with Crippen LogP contribution in [0.1, 0.15) is 47.8 Å². The molecule has 0 unspecified atom stereocenters. The third-order valence-corrected chi connectivity index (χ3v) is 5.89. The Bertz CT molecular complexity index is 1280.